The van der Waals surface area contributed by atoms with Crippen LogP contribution in [0.5, 0.6) is 0 Å². The van der Waals surface area contributed by atoms with Gasteiger partial charge in [-0.2, -0.15) is 0 Å². The van der Waals surface area contributed by atoms with Crippen molar-refractivity contribution in [3.63, 3.8) is 0 Å². The highest BCUT2D eigenvalue weighted by Crippen LogP contribution is 2.21. The zero-order valence-corrected chi connectivity index (χ0v) is 12.8. The summed E-state index contributed by atoms with van der Waals surface area (Å²) in [6, 6.07) is 7.71. The summed E-state index contributed by atoms with van der Waals surface area (Å²) in [5, 5.41) is 6.90. The van der Waals surface area contributed by atoms with Crippen molar-refractivity contribution in [2.24, 2.45) is 0 Å². The Balaban J connectivity index is 2.49. The molecule has 0 saturated carbocycles. The summed E-state index contributed by atoms with van der Waals surface area (Å²) in [5.41, 5.74) is 0.846. The molecular formula is C15H23ClN2O. The fourth-order valence-electron chi connectivity index (χ4n) is 1.69. The molecule has 0 aliphatic heterocycles. The van der Waals surface area contributed by atoms with Crippen molar-refractivity contribution < 1.29 is 4.79 Å². The molecule has 1 aromatic carbocycles. The second-order valence-corrected chi connectivity index (χ2v) is 5.82. The molecule has 0 radical (unpaired) electrons. The Kier molecular flexibility index (Phi) is 5.83. The molecule has 0 saturated heterocycles. The highest BCUT2D eigenvalue weighted by Gasteiger charge is 2.18. The second-order valence-electron chi connectivity index (χ2n) is 5.41. The molecule has 0 aliphatic carbocycles. The van der Waals surface area contributed by atoms with Crippen molar-refractivity contribution >= 4 is 17.5 Å². The van der Waals surface area contributed by atoms with Gasteiger partial charge in [-0.1, -0.05) is 36.7 Å². The second kappa shape index (κ2) is 6.92. The van der Waals surface area contributed by atoms with E-state index in [4.69, 9.17) is 11.6 Å². The lowest BCUT2D eigenvalue weighted by molar-refractivity contribution is -0.122. The van der Waals surface area contributed by atoms with E-state index >= 15 is 0 Å². The zero-order valence-electron chi connectivity index (χ0n) is 12.1. The Hall–Kier alpha value is -1.06. The van der Waals surface area contributed by atoms with Crippen molar-refractivity contribution in [3.8, 4) is 0 Å². The van der Waals surface area contributed by atoms with Gasteiger partial charge in [0, 0.05) is 16.6 Å². The molecule has 0 aromatic heterocycles. The van der Waals surface area contributed by atoms with Crippen LogP contribution in [0.25, 0.3) is 0 Å². The fourth-order valence-corrected chi connectivity index (χ4v) is 1.99. The van der Waals surface area contributed by atoms with Gasteiger partial charge in [-0.25, -0.2) is 0 Å². The fraction of sp³-hybridized carbons (Fsp3) is 0.533. The molecule has 19 heavy (non-hydrogen) atoms. The standard InChI is InChI=1S/C15H23ClN2O/c1-5-15(3,4)18-14(19)10-17-11(2)12-8-6-7-9-13(12)16/h6-9,11,17H,5,10H2,1-4H3,(H,18,19)/t11-/m0/s1. The Morgan fingerprint density at radius 1 is 1.37 bits per heavy atom. The van der Waals surface area contributed by atoms with E-state index in [1.165, 1.54) is 0 Å². The van der Waals surface area contributed by atoms with E-state index < -0.39 is 0 Å². The maximum atomic E-state index is 11.8. The monoisotopic (exact) mass is 282 g/mol. The van der Waals surface area contributed by atoms with Crippen LogP contribution in [-0.4, -0.2) is 18.0 Å². The molecule has 0 fully saturated rings. The summed E-state index contributed by atoms with van der Waals surface area (Å²) >= 11 is 6.12. The van der Waals surface area contributed by atoms with Gasteiger partial charge in [-0.3, -0.25) is 4.79 Å². The molecule has 0 heterocycles. The Morgan fingerprint density at radius 3 is 2.58 bits per heavy atom. The SMILES string of the molecule is CCC(C)(C)NC(=O)CN[C@@H](C)c1ccccc1Cl. The Labute approximate surface area is 120 Å². The average molecular weight is 283 g/mol. The van der Waals surface area contributed by atoms with E-state index in [0.29, 0.717) is 0 Å². The minimum absolute atomic E-state index is 0.00533. The predicted octanol–water partition coefficient (Wildman–Crippen LogP) is 3.30. The first kappa shape index (κ1) is 16.0. The molecule has 4 heteroatoms. The van der Waals surface area contributed by atoms with Crippen LogP contribution in [0.3, 0.4) is 0 Å². The Morgan fingerprint density at radius 2 is 2.00 bits per heavy atom. The first-order valence-corrected chi connectivity index (χ1v) is 7.02. The number of amides is 1. The topological polar surface area (TPSA) is 41.1 Å². The van der Waals surface area contributed by atoms with E-state index in [0.717, 1.165) is 17.0 Å². The number of benzene rings is 1. The van der Waals surface area contributed by atoms with E-state index in [9.17, 15) is 4.79 Å². The summed E-state index contributed by atoms with van der Waals surface area (Å²) in [6.07, 6.45) is 0.902. The number of rotatable bonds is 6. The zero-order chi connectivity index (χ0) is 14.5. The van der Waals surface area contributed by atoms with Crippen LogP contribution in [0.15, 0.2) is 24.3 Å². The van der Waals surface area contributed by atoms with Crippen LogP contribution in [0, 0.1) is 0 Å². The lowest BCUT2D eigenvalue weighted by atomic mass is 10.0. The van der Waals surface area contributed by atoms with Crippen molar-refractivity contribution in [3.05, 3.63) is 34.9 Å². The van der Waals surface area contributed by atoms with Crippen LogP contribution in [0.1, 0.15) is 45.7 Å². The molecule has 0 aliphatic rings. The molecule has 1 rings (SSSR count). The largest absolute Gasteiger partial charge is 0.350 e. The maximum absolute atomic E-state index is 11.8. The third-order valence-corrected chi connectivity index (χ3v) is 3.65. The molecule has 106 valence electrons. The number of carbonyl (C=O) groups excluding carboxylic acids is 1. The highest BCUT2D eigenvalue weighted by atomic mass is 35.5. The van der Waals surface area contributed by atoms with Gasteiger partial charge in [0.2, 0.25) is 5.91 Å². The van der Waals surface area contributed by atoms with E-state index in [2.05, 4.69) is 17.6 Å². The van der Waals surface area contributed by atoms with Gasteiger partial charge in [0.1, 0.15) is 0 Å². The normalized spacial score (nSPS) is 13.1. The number of carbonyl (C=O) groups is 1. The van der Waals surface area contributed by atoms with Gasteiger partial charge in [-0.05, 0) is 38.8 Å². The number of nitrogens with one attached hydrogen (secondary N) is 2. The van der Waals surface area contributed by atoms with E-state index in [1.54, 1.807) is 0 Å². The van der Waals surface area contributed by atoms with Gasteiger partial charge < -0.3 is 10.6 Å². The van der Waals surface area contributed by atoms with Crippen LogP contribution in [0.2, 0.25) is 5.02 Å². The number of halogens is 1. The van der Waals surface area contributed by atoms with Gasteiger partial charge in [0.05, 0.1) is 6.54 Å². The molecule has 3 nitrogen and oxygen atoms in total. The molecule has 0 bridgehead atoms. The lowest BCUT2D eigenvalue weighted by Gasteiger charge is -2.25. The maximum Gasteiger partial charge on any atom is 0.234 e. The quantitative estimate of drug-likeness (QED) is 0.841. The van der Waals surface area contributed by atoms with Crippen LogP contribution >= 0.6 is 11.6 Å². The van der Waals surface area contributed by atoms with Crippen LogP contribution in [-0.2, 0) is 4.79 Å². The van der Waals surface area contributed by atoms with Gasteiger partial charge in [0.15, 0.2) is 0 Å². The van der Waals surface area contributed by atoms with Crippen LogP contribution in [0.4, 0.5) is 0 Å². The van der Waals surface area contributed by atoms with Crippen molar-refractivity contribution in [1.29, 1.82) is 0 Å². The highest BCUT2D eigenvalue weighted by molar-refractivity contribution is 6.31. The van der Waals surface area contributed by atoms with Gasteiger partial charge in [0.25, 0.3) is 0 Å². The third-order valence-electron chi connectivity index (χ3n) is 3.30. The Bertz CT molecular complexity index is 432. The van der Waals surface area contributed by atoms with Crippen molar-refractivity contribution in [2.75, 3.05) is 6.54 Å². The van der Waals surface area contributed by atoms with Gasteiger partial charge >= 0.3 is 0 Å². The predicted molar refractivity (Wildman–Crippen MR) is 80.4 cm³/mol. The number of hydrogen-bond acceptors (Lipinski definition) is 2. The summed E-state index contributed by atoms with van der Waals surface area (Å²) < 4.78 is 0. The third kappa shape index (κ3) is 5.21. The lowest BCUT2D eigenvalue weighted by Crippen LogP contribution is -2.46. The summed E-state index contributed by atoms with van der Waals surface area (Å²) in [5.74, 6) is 0.00533. The molecule has 0 spiro atoms. The minimum Gasteiger partial charge on any atom is -0.350 e. The first-order chi connectivity index (χ1) is 8.85. The number of hydrogen-bond donors (Lipinski definition) is 2. The molecule has 1 aromatic rings. The van der Waals surface area contributed by atoms with E-state index in [-0.39, 0.29) is 24.0 Å². The minimum atomic E-state index is -0.160. The molecular weight excluding hydrogens is 260 g/mol. The van der Waals surface area contributed by atoms with Crippen molar-refractivity contribution in [2.45, 2.75) is 45.7 Å². The smallest absolute Gasteiger partial charge is 0.234 e. The molecule has 0 unspecified atom stereocenters. The summed E-state index contributed by atoms with van der Waals surface area (Å²) in [6.45, 7) is 8.38. The molecule has 2 N–H and O–H groups in total. The average Bonchev–Trinajstić information content (AvgIpc) is 2.36. The molecule has 1 atom stereocenters. The molecule has 1 amide bonds. The van der Waals surface area contributed by atoms with Crippen LogP contribution < -0.4 is 10.6 Å². The van der Waals surface area contributed by atoms with Gasteiger partial charge in [-0.15, -0.1) is 0 Å². The summed E-state index contributed by atoms with van der Waals surface area (Å²) in [4.78, 5) is 11.8. The summed E-state index contributed by atoms with van der Waals surface area (Å²) in [7, 11) is 0. The first-order valence-electron chi connectivity index (χ1n) is 6.64. The van der Waals surface area contributed by atoms with Crippen molar-refractivity contribution in [1.82, 2.24) is 10.6 Å². The van der Waals surface area contributed by atoms with E-state index in [1.807, 2.05) is 45.0 Å².